The molecule has 0 saturated carbocycles. The van der Waals surface area contributed by atoms with Crippen LogP contribution in [0.2, 0.25) is 0 Å². The van der Waals surface area contributed by atoms with Crippen molar-refractivity contribution >= 4 is 9.84 Å². The predicted octanol–water partition coefficient (Wildman–Crippen LogP) is 0.600. The molecule has 66 valence electrons. The average molecular weight is 178 g/mol. The maximum atomic E-state index is 11.3. The van der Waals surface area contributed by atoms with Gasteiger partial charge in [0, 0.05) is 19.0 Å². The largest absolute Gasteiger partial charge is 0.381 e. The van der Waals surface area contributed by atoms with Gasteiger partial charge in [0.25, 0.3) is 0 Å². The standard InChI is InChI=1S/C7H14O3S/c1-2-11(8,9)7-3-5-10-6-4-7/h7H,2-6H2,1H3. The molecule has 0 aliphatic carbocycles. The quantitative estimate of drug-likeness (QED) is 0.622. The van der Waals surface area contributed by atoms with Crippen LogP contribution in [-0.2, 0) is 14.6 Å². The Morgan fingerprint density at radius 3 is 2.36 bits per heavy atom. The van der Waals surface area contributed by atoms with Crippen LogP contribution in [-0.4, -0.2) is 32.6 Å². The molecule has 1 aliphatic heterocycles. The molecule has 0 amide bonds. The van der Waals surface area contributed by atoms with E-state index in [1.165, 1.54) is 0 Å². The summed E-state index contributed by atoms with van der Waals surface area (Å²) >= 11 is 0. The fraction of sp³-hybridized carbons (Fsp3) is 1.00. The Kier molecular flexibility index (Phi) is 2.90. The third-order valence-corrected chi connectivity index (χ3v) is 4.37. The van der Waals surface area contributed by atoms with Crippen molar-refractivity contribution < 1.29 is 13.2 Å². The van der Waals surface area contributed by atoms with E-state index in [0.29, 0.717) is 26.1 Å². The zero-order valence-corrected chi connectivity index (χ0v) is 7.56. The SMILES string of the molecule is CCS(=O)(=O)C1CCOCC1. The van der Waals surface area contributed by atoms with Crippen LogP contribution in [0.5, 0.6) is 0 Å². The van der Waals surface area contributed by atoms with Crippen LogP contribution in [0.4, 0.5) is 0 Å². The Bertz CT molecular complexity index is 202. The highest BCUT2D eigenvalue weighted by molar-refractivity contribution is 7.92. The summed E-state index contributed by atoms with van der Waals surface area (Å²) < 4.78 is 27.7. The molecule has 1 fully saturated rings. The molecule has 1 aliphatic rings. The molecule has 0 unspecified atom stereocenters. The molecule has 0 aromatic rings. The summed E-state index contributed by atoms with van der Waals surface area (Å²) in [6.45, 7) is 2.90. The Morgan fingerprint density at radius 1 is 1.36 bits per heavy atom. The zero-order chi connectivity index (χ0) is 8.32. The van der Waals surface area contributed by atoms with Crippen molar-refractivity contribution in [3.05, 3.63) is 0 Å². The summed E-state index contributed by atoms with van der Waals surface area (Å²) in [6.07, 6.45) is 1.35. The van der Waals surface area contributed by atoms with Crippen molar-refractivity contribution in [2.75, 3.05) is 19.0 Å². The van der Waals surface area contributed by atoms with Crippen molar-refractivity contribution in [2.24, 2.45) is 0 Å². The summed E-state index contributed by atoms with van der Waals surface area (Å²) in [5, 5.41) is -0.138. The molecule has 1 heterocycles. The zero-order valence-electron chi connectivity index (χ0n) is 6.75. The minimum absolute atomic E-state index is 0.138. The highest BCUT2D eigenvalue weighted by Gasteiger charge is 2.25. The van der Waals surface area contributed by atoms with Crippen LogP contribution in [0.25, 0.3) is 0 Å². The van der Waals surface area contributed by atoms with E-state index in [2.05, 4.69) is 0 Å². The smallest absolute Gasteiger partial charge is 0.153 e. The lowest BCUT2D eigenvalue weighted by Crippen LogP contribution is -2.29. The second kappa shape index (κ2) is 3.54. The predicted molar refractivity (Wildman–Crippen MR) is 43.3 cm³/mol. The van der Waals surface area contributed by atoms with Crippen molar-refractivity contribution in [3.63, 3.8) is 0 Å². The van der Waals surface area contributed by atoms with Crippen LogP contribution >= 0.6 is 0 Å². The van der Waals surface area contributed by atoms with Gasteiger partial charge in [0.2, 0.25) is 0 Å². The summed E-state index contributed by atoms with van der Waals surface area (Å²) in [5.74, 6) is 0.262. The molecule has 3 nitrogen and oxygen atoms in total. The molecule has 0 bridgehead atoms. The van der Waals surface area contributed by atoms with E-state index in [-0.39, 0.29) is 11.0 Å². The Labute approximate surface area is 67.7 Å². The Balaban J connectivity index is 2.58. The van der Waals surface area contributed by atoms with Gasteiger partial charge >= 0.3 is 0 Å². The third kappa shape index (κ3) is 2.17. The first-order valence-electron chi connectivity index (χ1n) is 3.96. The molecule has 1 saturated heterocycles. The van der Waals surface area contributed by atoms with Gasteiger partial charge in [-0.15, -0.1) is 0 Å². The number of rotatable bonds is 2. The first-order valence-corrected chi connectivity index (χ1v) is 5.67. The molecule has 0 spiro atoms. The van der Waals surface area contributed by atoms with Gasteiger partial charge in [0.1, 0.15) is 0 Å². The monoisotopic (exact) mass is 178 g/mol. The van der Waals surface area contributed by atoms with Gasteiger partial charge in [-0.3, -0.25) is 0 Å². The Hall–Kier alpha value is -0.0900. The van der Waals surface area contributed by atoms with Crippen LogP contribution in [0, 0.1) is 0 Å². The Morgan fingerprint density at radius 2 is 1.91 bits per heavy atom. The van der Waals surface area contributed by atoms with Gasteiger partial charge < -0.3 is 4.74 Å². The molecular weight excluding hydrogens is 164 g/mol. The second-order valence-electron chi connectivity index (χ2n) is 2.76. The highest BCUT2D eigenvalue weighted by Crippen LogP contribution is 2.15. The van der Waals surface area contributed by atoms with E-state index in [4.69, 9.17) is 4.74 Å². The summed E-state index contributed by atoms with van der Waals surface area (Å²) in [5.41, 5.74) is 0. The van der Waals surface area contributed by atoms with Crippen molar-refractivity contribution in [3.8, 4) is 0 Å². The number of hydrogen-bond donors (Lipinski definition) is 0. The molecule has 11 heavy (non-hydrogen) atoms. The fourth-order valence-electron chi connectivity index (χ4n) is 1.27. The van der Waals surface area contributed by atoms with E-state index in [1.54, 1.807) is 6.92 Å². The van der Waals surface area contributed by atoms with Gasteiger partial charge in [-0.05, 0) is 12.8 Å². The number of ether oxygens (including phenoxy) is 1. The summed E-state index contributed by atoms with van der Waals surface area (Å²) in [4.78, 5) is 0. The maximum Gasteiger partial charge on any atom is 0.153 e. The maximum absolute atomic E-state index is 11.3. The molecule has 0 aromatic carbocycles. The first kappa shape index (κ1) is 9.00. The lowest BCUT2D eigenvalue weighted by molar-refractivity contribution is 0.0984. The van der Waals surface area contributed by atoms with Crippen LogP contribution in [0.1, 0.15) is 19.8 Å². The molecule has 0 radical (unpaired) electrons. The van der Waals surface area contributed by atoms with E-state index in [0.717, 1.165) is 0 Å². The number of hydrogen-bond acceptors (Lipinski definition) is 3. The normalized spacial score (nSPS) is 21.9. The third-order valence-electron chi connectivity index (χ3n) is 2.08. The number of sulfone groups is 1. The van der Waals surface area contributed by atoms with Crippen LogP contribution in [0.15, 0.2) is 0 Å². The molecule has 0 aromatic heterocycles. The summed E-state index contributed by atoms with van der Waals surface area (Å²) in [6, 6.07) is 0. The van der Waals surface area contributed by atoms with E-state index in [9.17, 15) is 8.42 Å². The van der Waals surface area contributed by atoms with Gasteiger partial charge in [-0.25, -0.2) is 8.42 Å². The first-order chi connectivity index (χ1) is 5.17. The van der Waals surface area contributed by atoms with Crippen molar-refractivity contribution in [1.82, 2.24) is 0 Å². The van der Waals surface area contributed by atoms with Crippen LogP contribution < -0.4 is 0 Å². The second-order valence-corrected chi connectivity index (χ2v) is 5.33. The topological polar surface area (TPSA) is 43.4 Å². The molecule has 1 rings (SSSR count). The average Bonchev–Trinajstić information content (AvgIpc) is 2.06. The van der Waals surface area contributed by atoms with Crippen molar-refractivity contribution in [2.45, 2.75) is 25.0 Å². The minimum atomic E-state index is -2.80. The van der Waals surface area contributed by atoms with Crippen LogP contribution in [0.3, 0.4) is 0 Å². The van der Waals surface area contributed by atoms with Gasteiger partial charge in [-0.1, -0.05) is 6.92 Å². The van der Waals surface area contributed by atoms with Gasteiger partial charge in [0.15, 0.2) is 9.84 Å². The molecule has 0 N–H and O–H groups in total. The van der Waals surface area contributed by atoms with Gasteiger partial charge in [-0.2, -0.15) is 0 Å². The molecular formula is C7H14O3S. The molecule has 0 atom stereocenters. The van der Waals surface area contributed by atoms with Gasteiger partial charge in [0.05, 0.1) is 5.25 Å². The lowest BCUT2D eigenvalue weighted by atomic mass is 10.2. The highest BCUT2D eigenvalue weighted by atomic mass is 32.2. The van der Waals surface area contributed by atoms with E-state index >= 15 is 0 Å². The minimum Gasteiger partial charge on any atom is -0.381 e. The summed E-state index contributed by atoms with van der Waals surface area (Å²) in [7, 11) is -2.80. The van der Waals surface area contributed by atoms with Crippen molar-refractivity contribution in [1.29, 1.82) is 0 Å². The molecule has 4 heteroatoms. The van der Waals surface area contributed by atoms with E-state index < -0.39 is 9.84 Å². The lowest BCUT2D eigenvalue weighted by Gasteiger charge is -2.21. The van der Waals surface area contributed by atoms with E-state index in [1.807, 2.05) is 0 Å². The fourth-order valence-corrected chi connectivity index (χ4v) is 2.65.